The maximum atomic E-state index is 11.7. The highest BCUT2D eigenvalue weighted by atomic mass is 16.5. The zero-order chi connectivity index (χ0) is 16.1. The lowest BCUT2D eigenvalue weighted by Crippen LogP contribution is -2.17. The number of hydrogen-bond donors (Lipinski definition) is 0. The second-order valence-electron chi connectivity index (χ2n) is 4.76. The van der Waals surface area contributed by atoms with Crippen molar-refractivity contribution < 1.29 is 14.0 Å². The van der Waals surface area contributed by atoms with Gasteiger partial charge in [-0.05, 0) is 31.2 Å². The zero-order valence-electron chi connectivity index (χ0n) is 12.6. The minimum absolute atomic E-state index is 0.0952. The van der Waals surface area contributed by atoms with Crippen molar-refractivity contribution in [2.24, 2.45) is 0 Å². The van der Waals surface area contributed by atoms with Crippen LogP contribution in [0.3, 0.4) is 0 Å². The molecular formula is C17H16N2O4. The Morgan fingerprint density at radius 3 is 2.65 bits per heavy atom. The topological polar surface area (TPSA) is 66.5 Å². The quantitative estimate of drug-likeness (QED) is 0.698. The minimum atomic E-state index is -0.553. The van der Waals surface area contributed by atoms with Gasteiger partial charge in [0.2, 0.25) is 0 Å². The number of aromatic nitrogens is 2. The normalized spacial score (nSPS) is 10.7. The van der Waals surface area contributed by atoms with Crippen molar-refractivity contribution in [3.63, 3.8) is 0 Å². The van der Waals surface area contributed by atoms with Gasteiger partial charge in [0, 0.05) is 12.2 Å². The molecule has 0 spiro atoms. The van der Waals surface area contributed by atoms with E-state index in [0.29, 0.717) is 23.7 Å². The molecule has 0 atom stereocenters. The van der Waals surface area contributed by atoms with Crippen molar-refractivity contribution in [2.45, 2.75) is 13.7 Å². The molecule has 0 aliphatic heterocycles. The molecule has 6 heteroatoms. The summed E-state index contributed by atoms with van der Waals surface area (Å²) in [6.07, 6.45) is 0. The molecule has 0 fully saturated rings. The van der Waals surface area contributed by atoms with Crippen molar-refractivity contribution in [3.8, 4) is 22.9 Å². The van der Waals surface area contributed by atoms with Crippen LogP contribution >= 0.6 is 0 Å². The third-order valence-electron chi connectivity index (χ3n) is 3.18. The van der Waals surface area contributed by atoms with Gasteiger partial charge in [-0.3, -0.25) is 4.52 Å². The average molecular weight is 312 g/mol. The van der Waals surface area contributed by atoms with Gasteiger partial charge in [-0.25, -0.2) is 9.36 Å². The van der Waals surface area contributed by atoms with E-state index >= 15 is 0 Å². The molecule has 0 saturated carbocycles. The highest BCUT2D eigenvalue weighted by molar-refractivity contribution is 5.57. The first-order valence-corrected chi connectivity index (χ1v) is 7.25. The highest BCUT2D eigenvalue weighted by Crippen LogP contribution is 2.26. The van der Waals surface area contributed by atoms with Crippen LogP contribution in [0.5, 0.6) is 11.5 Å². The molecule has 0 aliphatic carbocycles. The van der Waals surface area contributed by atoms with Gasteiger partial charge < -0.3 is 9.47 Å². The third-order valence-corrected chi connectivity index (χ3v) is 3.18. The van der Waals surface area contributed by atoms with Crippen LogP contribution in [-0.2, 0) is 11.5 Å². The van der Waals surface area contributed by atoms with Crippen LogP contribution in [0.1, 0.15) is 6.92 Å². The standard InChI is InChI=1S/C17H16N2O4/c1-2-21-12-19-16(18-23-17(19)20)13-7-6-10-15(11-13)22-14-8-4-3-5-9-14/h3-11H,2,12H2,1H3. The van der Waals surface area contributed by atoms with Crippen LogP contribution in [0.4, 0.5) is 0 Å². The molecule has 6 nitrogen and oxygen atoms in total. The number of hydrogen-bond acceptors (Lipinski definition) is 5. The molecular weight excluding hydrogens is 296 g/mol. The maximum Gasteiger partial charge on any atom is 0.443 e. The summed E-state index contributed by atoms with van der Waals surface area (Å²) in [6, 6.07) is 16.8. The van der Waals surface area contributed by atoms with Crippen LogP contribution in [-0.4, -0.2) is 16.3 Å². The lowest BCUT2D eigenvalue weighted by molar-refractivity contribution is 0.0839. The SMILES string of the molecule is CCOCn1c(-c2cccc(Oc3ccccc3)c2)noc1=O. The van der Waals surface area contributed by atoms with Gasteiger partial charge in [0.1, 0.15) is 18.2 Å². The number of benzene rings is 2. The van der Waals surface area contributed by atoms with E-state index in [4.69, 9.17) is 14.0 Å². The molecule has 2 aromatic carbocycles. The average Bonchev–Trinajstić information content (AvgIpc) is 2.95. The van der Waals surface area contributed by atoms with E-state index < -0.39 is 5.76 Å². The smallest absolute Gasteiger partial charge is 0.443 e. The van der Waals surface area contributed by atoms with Gasteiger partial charge in [-0.2, -0.15) is 0 Å². The van der Waals surface area contributed by atoms with E-state index in [1.165, 1.54) is 4.57 Å². The van der Waals surface area contributed by atoms with Gasteiger partial charge in [-0.15, -0.1) is 0 Å². The Labute approximate surface area is 132 Å². The Kier molecular flexibility index (Phi) is 4.54. The molecule has 1 aromatic heterocycles. The van der Waals surface area contributed by atoms with Gasteiger partial charge in [-0.1, -0.05) is 35.5 Å². The number of nitrogens with zero attached hydrogens (tertiary/aromatic N) is 2. The molecule has 23 heavy (non-hydrogen) atoms. The summed E-state index contributed by atoms with van der Waals surface area (Å²) >= 11 is 0. The minimum Gasteiger partial charge on any atom is -0.457 e. The molecule has 1 heterocycles. The summed E-state index contributed by atoms with van der Waals surface area (Å²) in [6.45, 7) is 2.44. The van der Waals surface area contributed by atoms with Crippen molar-refractivity contribution in [2.75, 3.05) is 6.61 Å². The number of rotatable bonds is 6. The van der Waals surface area contributed by atoms with E-state index in [9.17, 15) is 4.79 Å². The Morgan fingerprint density at radius 2 is 1.87 bits per heavy atom. The highest BCUT2D eigenvalue weighted by Gasteiger charge is 2.13. The van der Waals surface area contributed by atoms with Crippen LogP contribution in [0.15, 0.2) is 63.9 Å². The van der Waals surface area contributed by atoms with E-state index in [-0.39, 0.29) is 6.73 Å². The fraction of sp³-hybridized carbons (Fsp3) is 0.176. The van der Waals surface area contributed by atoms with Crippen molar-refractivity contribution in [1.29, 1.82) is 0 Å². The van der Waals surface area contributed by atoms with E-state index in [1.54, 1.807) is 6.07 Å². The molecule has 0 bridgehead atoms. The summed E-state index contributed by atoms with van der Waals surface area (Å²) in [5, 5.41) is 3.83. The first kappa shape index (κ1) is 15.1. The second-order valence-corrected chi connectivity index (χ2v) is 4.76. The second kappa shape index (κ2) is 6.93. The monoisotopic (exact) mass is 312 g/mol. The van der Waals surface area contributed by atoms with Crippen LogP contribution < -0.4 is 10.5 Å². The molecule has 0 N–H and O–H groups in total. The molecule has 0 saturated heterocycles. The molecule has 3 rings (SSSR count). The fourth-order valence-corrected chi connectivity index (χ4v) is 2.10. The Hall–Kier alpha value is -2.86. The summed E-state index contributed by atoms with van der Waals surface area (Å²) in [4.78, 5) is 11.7. The van der Waals surface area contributed by atoms with Gasteiger partial charge in [0.05, 0.1) is 0 Å². The molecule has 0 aliphatic rings. The van der Waals surface area contributed by atoms with Crippen molar-refractivity contribution >= 4 is 0 Å². The maximum absolute atomic E-state index is 11.7. The lowest BCUT2D eigenvalue weighted by atomic mass is 10.2. The van der Waals surface area contributed by atoms with Gasteiger partial charge in [0.15, 0.2) is 5.82 Å². The fourth-order valence-electron chi connectivity index (χ4n) is 2.10. The predicted molar refractivity (Wildman–Crippen MR) is 84.3 cm³/mol. The van der Waals surface area contributed by atoms with Crippen molar-refractivity contribution in [1.82, 2.24) is 9.72 Å². The Bertz CT molecular complexity index is 824. The van der Waals surface area contributed by atoms with Crippen LogP contribution in [0.2, 0.25) is 0 Å². The van der Waals surface area contributed by atoms with Crippen LogP contribution in [0, 0.1) is 0 Å². The largest absolute Gasteiger partial charge is 0.457 e. The Morgan fingerprint density at radius 1 is 1.09 bits per heavy atom. The Balaban J connectivity index is 1.90. The first-order chi connectivity index (χ1) is 11.3. The molecule has 0 unspecified atom stereocenters. The molecule has 118 valence electrons. The number of para-hydroxylation sites is 1. The summed E-state index contributed by atoms with van der Waals surface area (Å²) < 4.78 is 17.2. The first-order valence-electron chi connectivity index (χ1n) is 7.25. The third kappa shape index (κ3) is 3.49. The van der Waals surface area contributed by atoms with E-state index in [0.717, 1.165) is 5.75 Å². The molecule has 0 amide bonds. The van der Waals surface area contributed by atoms with E-state index in [1.807, 2.05) is 55.5 Å². The molecule has 3 aromatic rings. The van der Waals surface area contributed by atoms with E-state index in [2.05, 4.69) is 5.16 Å². The van der Waals surface area contributed by atoms with Crippen molar-refractivity contribution in [3.05, 3.63) is 65.1 Å². The zero-order valence-corrected chi connectivity index (χ0v) is 12.6. The summed E-state index contributed by atoms with van der Waals surface area (Å²) in [5.74, 6) is 1.23. The van der Waals surface area contributed by atoms with Crippen LogP contribution in [0.25, 0.3) is 11.4 Å². The van der Waals surface area contributed by atoms with Gasteiger partial charge >= 0.3 is 5.76 Å². The number of ether oxygens (including phenoxy) is 2. The predicted octanol–water partition coefficient (Wildman–Crippen LogP) is 3.29. The summed E-state index contributed by atoms with van der Waals surface area (Å²) in [5.41, 5.74) is 0.712. The van der Waals surface area contributed by atoms with Gasteiger partial charge in [0.25, 0.3) is 0 Å². The lowest BCUT2D eigenvalue weighted by Gasteiger charge is -2.08. The molecule has 0 radical (unpaired) electrons. The summed E-state index contributed by atoms with van der Waals surface area (Å²) in [7, 11) is 0.